The van der Waals surface area contributed by atoms with Crippen molar-refractivity contribution in [2.75, 3.05) is 6.54 Å². The molecule has 2 rings (SSSR count). The summed E-state index contributed by atoms with van der Waals surface area (Å²) in [6, 6.07) is 7.47. The summed E-state index contributed by atoms with van der Waals surface area (Å²) in [5.41, 5.74) is 2.09. The summed E-state index contributed by atoms with van der Waals surface area (Å²) in [4.78, 5) is 0. The zero-order valence-electron chi connectivity index (χ0n) is 11.0. The van der Waals surface area contributed by atoms with Gasteiger partial charge in [0, 0.05) is 10.0 Å². The topological polar surface area (TPSA) is 25.2 Å². The second kappa shape index (κ2) is 6.47. The molecule has 1 aromatic carbocycles. The first-order valence-corrected chi connectivity index (χ1v) is 7.11. The van der Waals surface area contributed by atoms with Crippen molar-refractivity contribution in [1.82, 2.24) is 5.32 Å². The van der Waals surface area contributed by atoms with E-state index in [0.29, 0.717) is 10.0 Å². The monoisotopic (exact) mass is 297 g/mol. The quantitative estimate of drug-likeness (QED) is 0.841. The van der Waals surface area contributed by atoms with Crippen molar-refractivity contribution >= 4 is 23.2 Å². The van der Waals surface area contributed by atoms with Crippen LogP contribution in [0.2, 0.25) is 10.0 Å². The van der Waals surface area contributed by atoms with Gasteiger partial charge in [0.15, 0.2) is 0 Å². The van der Waals surface area contributed by atoms with E-state index in [1.807, 2.05) is 25.1 Å². The van der Waals surface area contributed by atoms with Gasteiger partial charge in [-0.1, -0.05) is 36.2 Å². The Morgan fingerprint density at radius 2 is 2.05 bits per heavy atom. The first-order valence-electron chi connectivity index (χ1n) is 6.35. The normalized spacial score (nSPS) is 12.6. The number of nitrogens with one attached hydrogen (secondary N) is 1. The third-order valence-electron chi connectivity index (χ3n) is 3.04. The minimum Gasteiger partial charge on any atom is -0.467 e. The molecule has 0 radical (unpaired) electrons. The highest BCUT2D eigenvalue weighted by atomic mass is 35.5. The third kappa shape index (κ3) is 3.33. The third-order valence-corrected chi connectivity index (χ3v) is 3.60. The van der Waals surface area contributed by atoms with Crippen molar-refractivity contribution in [3.05, 3.63) is 57.5 Å². The van der Waals surface area contributed by atoms with Gasteiger partial charge in [-0.15, -0.1) is 0 Å². The molecule has 0 saturated heterocycles. The van der Waals surface area contributed by atoms with Crippen LogP contribution in [0, 0.1) is 6.92 Å². The summed E-state index contributed by atoms with van der Waals surface area (Å²) in [5.74, 6) is 0.901. The lowest BCUT2D eigenvalue weighted by Crippen LogP contribution is -2.23. The Kier molecular flexibility index (Phi) is 4.92. The van der Waals surface area contributed by atoms with Gasteiger partial charge in [0.05, 0.1) is 12.3 Å². The standard InChI is InChI=1S/C15H17Cl2NO/c1-3-7-18-14(15-10(2)6-8-19-15)12-5-4-11(16)9-13(12)17/h4-6,8-9,14,18H,3,7H2,1-2H3. The van der Waals surface area contributed by atoms with Crippen LogP contribution in [0.15, 0.2) is 34.9 Å². The van der Waals surface area contributed by atoms with E-state index >= 15 is 0 Å². The van der Waals surface area contributed by atoms with Crippen LogP contribution >= 0.6 is 23.2 Å². The highest BCUT2D eigenvalue weighted by Gasteiger charge is 2.21. The van der Waals surface area contributed by atoms with Crippen LogP contribution in [0.3, 0.4) is 0 Å². The Balaban J connectivity index is 2.40. The van der Waals surface area contributed by atoms with E-state index in [-0.39, 0.29) is 6.04 Å². The molecule has 0 saturated carbocycles. The van der Waals surface area contributed by atoms with Crippen LogP contribution in [0.1, 0.15) is 36.3 Å². The minimum atomic E-state index is -0.0419. The Morgan fingerprint density at radius 3 is 2.63 bits per heavy atom. The number of hydrogen-bond acceptors (Lipinski definition) is 2. The zero-order chi connectivity index (χ0) is 13.8. The Labute approximate surface area is 123 Å². The zero-order valence-corrected chi connectivity index (χ0v) is 12.6. The van der Waals surface area contributed by atoms with Gasteiger partial charge in [0.25, 0.3) is 0 Å². The highest BCUT2D eigenvalue weighted by molar-refractivity contribution is 6.35. The van der Waals surface area contributed by atoms with Gasteiger partial charge in [-0.05, 0) is 49.2 Å². The molecule has 19 heavy (non-hydrogen) atoms. The van der Waals surface area contributed by atoms with Gasteiger partial charge in [-0.2, -0.15) is 0 Å². The largest absolute Gasteiger partial charge is 0.467 e. The summed E-state index contributed by atoms with van der Waals surface area (Å²) in [7, 11) is 0. The molecule has 0 bridgehead atoms. The van der Waals surface area contributed by atoms with E-state index in [0.717, 1.165) is 29.9 Å². The molecular formula is C15H17Cl2NO. The van der Waals surface area contributed by atoms with Gasteiger partial charge in [-0.3, -0.25) is 0 Å². The van der Waals surface area contributed by atoms with Gasteiger partial charge in [-0.25, -0.2) is 0 Å². The van der Waals surface area contributed by atoms with Crippen LogP contribution < -0.4 is 5.32 Å². The molecule has 1 unspecified atom stereocenters. The molecule has 0 aliphatic carbocycles. The predicted molar refractivity (Wildman–Crippen MR) is 80.0 cm³/mol. The molecule has 0 aliphatic rings. The molecule has 0 fully saturated rings. The van der Waals surface area contributed by atoms with Crippen LogP contribution in [-0.4, -0.2) is 6.54 Å². The SMILES string of the molecule is CCCNC(c1ccc(Cl)cc1Cl)c1occc1C. The smallest absolute Gasteiger partial charge is 0.128 e. The first-order chi connectivity index (χ1) is 9.13. The maximum absolute atomic E-state index is 6.31. The molecule has 4 heteroatoms. The van der Waals surface area contributed by atoms with Gasteiger partial charge in [0.1, 0.15) is 5.76 Å². The second-order valence-corrected chi connectivity index (χ2v) is 5.36. The number of furan rings is 1. The molecule has 102 valence electrons. The number of hydrogen-bond donors (Lipinski definition) is 1. The van der Waals surface area contributed by atoms with Crippen molar-refractivity contribution in [1.29, 1.82) is 0 Å². The van der Waals surface area contributed by atoms with Crippen molar-refractivity contribution in [3.8, 4) is 0 Å². The Bertz CT molecular complexity index is 551. The fourth-order valence-corrected chi connectivity index (χ4v) is 2.57. The van der Waals surface area contributed by atoms with Crippen molar-refractivity contribution < 1.29 is 4.42 Å². The number of rotatable bonds is 5. The maximum atomic E-state index is 6.31. The molecule has 1 heterocycles. The van der Waals surface area contributed by atoms with Crippen LogP contribution in [-0.2, 0) is 0 Å². The van der Waals surface area contributed by atoms with E-state index in [2.05, 4.69) is 12.2 Å². The molecule has 1 aromatic heterocycles. The molecule has 2 aromatic rings. The van der Waals surface area contributed by atoms with E-state index in [1.165, 1.54) is 0 Å². The molecule has 0 spiro atoms. The molecule has 0 amide bonds. The average molecular weight is 298 g/mol. The molecule has 1 N–H and O–H groups in total. The van der Waals surface area contributed by atoms with Crippen molar-refractivity contribution in [3.63, 3.8) is 0 Å². The fourth-order valence-electron chi connectivity index (χ4n) is 2.05. The molecular weight excluding hydrogens is 281 g/mol. The fraction of sp³-hybridized carbons (Fsp3) is 0.333. The summed E-state index contributed by atoms with van der Waals surface area (Å²) in [6.07, 6.45) is 2.75. The summed E-state index contributed by atoms with van der Waals surface area (Å²) in [5, 5.41) is 4.76. The molecule has 0 aliphatic heterocycles. The number of aryl methyl sites for hydroxylation is 1. The highest BCUT2D eigenvalue weighted by Crippen LogP contribution is 2.32. The summed E-state index contributed by atoms with van der Waals surface area (Å²) in [6.45, 7) is 5.05. The summed E-state index contributed by atoms with van der Waals surface area (Å²) < 4.78 is 5.61. The average Bonchev–Trinajstić information content (AvgIpc) is 2.78. The van der Waals surface area contributed by atoms with Crippen molar-refractivity contribution in [2.24, 2.45) is 0 Å². The number of halogens is 2. The van der Waals surface area contributed by atoms with Crippen LogP contribution in [0.4, 0.5) is 0 Å². The lowest BCUT2D eigenvalue weighted by Gasteiger charge is -2.19. The van der Waals surface area contributed by atoms with Gasteiger partial charge < -0.3 is 9.73 Å². The second-order valence-electron chi connectivity index (χ2n) is 4.52. The molecule has 1 atom stereocenters. The first kappa shape index (κ1) is 14.4. The van der Waals surface area contributed by atoms with E-state index in [4.69, 9.17) is 27.6 Å². The van der Waals surface area contributed by atoms with E-state index in [9.17, 15) is 0 Å². The lowest BCUT2D eigenvalue weighted by molar-refractivity contribution is 0.444. The Morgan fingerprint density at radius 1 is 1.26 bits per heavy atom. The summed E-state index contributed by atoms with van der Waals surface area (Å²) >= 11 is 12.3. The van der Waals surface area contributed by atoms with Gasteiger partial charge >= 0.3 is 0 Å². The molecule has 2 nitrogen and oxygen atoms in total. The minimum absolute atomic E-state index is 0.0419. The lowest BCUT2D eigenvalue weighted by atomic mass is 10.0. The maximum Gasteiger partial charge on any atom is 0.128 e. The predicted octanol–water partition coefficient (Wildman–Crippen LogP) is 4.98. The Hall–Kier alpha value is -0.960. The van der Waals surface area contributed by atoms with Gasteiger partial charge in [0.2, 0.25) is 0 Å². The van der Waals surface area contributed by atoms with E-state index < -0.39 is 0 Å². The van der Waals surface area contributed by atoms with Crippen molar-refractivity contribution in [2.45, 2.75) is 26.3 Å². The van der Waals surface area contributed by atoms with E-state index in [1.54, 1.807) is 12.3 Å². The van der Waals surface area contributed by atoms with Crippen LogP contribution in [0.25, 0.3) is 0 Å². The van der Waals surface area contributed by atoms with Crippen LogP contribution in [0.5, 0.6) is 0 Å². The number of benzene rings is 1.